The molecule has 3 amide bonds. The quantitative estimate of drug-likeness (QED) is 0.0738. The molecule has 11 N–H and O–H groups in total. The van der Waals surface area contributed by atoms with Crippen LogP contribution in [0.15, 0.2) is 59.6 Å². The number of nitrogens with one attached hydrogen (secondary N) is 3. The number of nitrogens with zero attached hydrogens (tertiary/aromatic N) is 1. The van der Waals surface area contributed by atoms with E-state index in [2.05, 4.69) is 20.9 Å². The number of hydrogen-bond donors (Lipinski definition) is 8. The van der Waals surface area contributed by atoms with E-state index in [1.165, 1.54) is 12.1 Å². The van der Waals surface area contributed by atoms with Gasteiger partial charge in [0.15, 0.2) is 5.96 Å². The molecule has 0 fully saturated rings. The van der Waals surface area contributed by atoms with Crippen LogP contribution >= 0.6 is 0 Å². The molecule has 2 rings (SSSR count). The predicted molar refractivity (Wildman–Crippen MR) is 158 cm³/mol. The fourth-order valence-corrected chi connectivity index (χ4v) is 4.13. The zero-order chi connectivity index (χ0) is 31.2. The summed E-state index contributed by atoms with van der Waals surface area (Å²) >= 11 is 0. The number of carboxylic acid groups (broad SMARTS) is 1. The Balaban J connectivity index is 2.15. The molecule has 4 atom stereocenters. The Morgan fingerprint density at radius 2 is 1.40 bits per heavy atom. The number of aliphatic imine (C=N–C) groups is 1. The van der Waals surface area contributed by atoms with Crippen LogP contribution in [-0.2, 0) is 32.0 Å². The van der Waals surface area contributed by atoms with Gasteiger partial charge >= 0.3 is 5.97 Å². The lowest BCUT2D eigenvalue weighted by molar-refractivity contribution is -0.142. The number of guanidine groups is 1. The van der Waals surface area contributed by atoms with E-state index in [9.17, 15) is 29.4 Å². The first-order valence-corrected chi connectivity index (χ1v) is 13.6. The van der Waals surface area contributed by atoms with Gasteiger partial charge in [-0.25, -0.2) is 4.79 Å². The van der Waals surface area contributed by atoms with Gasteiger partial charge in [0.05, 0.1) is 6.04 Å². The molecule has 0 aliphatic rings. The van der Waals surface area contributed by atoms with E-state index in [4.69, 9.17) is 17.2 Å². The lowest BCUT2D eigenvalue weighted by Gasteiger charge is -2.27. The van der Waals surface area contributed by atoms with Crippen molar-refractivity contribution < 1.29 is 29.4 Å². The molecule has 0 spiro atoms. The molecule has 0 bridgehead atoms. The van der Waals surface area contributed by atoms with Crippen LogP contribution in [-0.4, -0.2) is 70.6 Å². The number of amides is 3. The van der Waals surface area contributed by atoms with Crippen LogP contribution in [0, 0.1) is 5.92 Å². The summed E-state index contributed by atoms with van der Waals surface area (Å²) in [6, 6.07) is 10.8. The number of nitrogens with two attached hydrogens (primary N) is 3. The van der Waals surface area contributed by atoms with Crippen LogP contribution in [0.4, 0.5) is 0 Å². The number of rotatable bonds is 16. The second-order valence-electron chi connectivity index (χ2n) is 10.3. The van der Waals surface area contributed by atoms with E-state index in [0.29, 0.717) is 6.42 Å². The highest BCUT2D eigenvalue weighted by Gasteiger charge is 2.32. The molecule has 0 aliphatic heterocycles. The minimum absolute atomic E-state index is 0.0629. The molecule has 2 aromatic carbocycles. The Hall–Kier alpha value is -4.65. The third kappa shape index (κ3) is 11.5. The lowest BCUT2D eigenvalue weighted by atomic mass is 9.99. The highest BCUT2D eigenvalue weighted by Crippen LogP contribution is 2.12. The fourth-order valence-electron chi connectivity index (χ4n) is 4.13. The van der Waals surface area contributed by atoms with E-state index < -0.39 is 47.9 Å². The van der Waals surface area contributed by atoms with Gasteiger partial charge in [0, 0.05) is 13.0 Å². The SMILES string of the molecule is CC(C)C(NC(=O)C(N)Cc1ccc(O)cc1)C(=O)NC(Cc1ccccc1)C(=O)NC(CCCN=C(N)N)C(=O)O. The van der Waals surface area contributed by atoms with Gasteiger partial charge in [-0.15, -0.1) is 0 Å². The second kappa shape index (κ2) is 16.6. The van der Waals surface area contributed by atoms with Crippen LogP contribution in [0.5, 0.6) is 5.75 Å². The zero-order valence-electron chi connectivity index (χ0n) is 23.8. The minimum atomic E-state index is -1.24. The van der Waals surface area contributed by atoms with Gasteiger partial charge in [0.2, 0.25) is 17.7 Å². The number of aliphatic carboxylic acids is 1. The topological polar surface area (TPSA) is 235 Å². The first kappa shape index (κ1) is 33.6. The number of phenolic OH excluding ortho intramolecular Hbond substituents is 1. The molecule has 13 heteroatoms. The number of carbonyl (C=O) groups is 4. The van der Waals surface area contributed by atoms with Gasteiger partial charge in [0.25, 0.3) is 0 Å². The maximum absolute atomic E-state index is 13.4. The van der Waals surface area contributed by atoms with E-state index in [-0.39, 0.29) is 43.4 Å². The van der Waals surface area contributed by atoms with Gasteiger partial charge in [-0.05, 0) is 48.4 Å². The Labute approximate surface area is 244 Å². The third-order valence-corrected chi connectivity index (χ3v) is 6.45. The zero-order valence-corrected chi connectivity index (χ0v) is 23.8. The van der Waals surface area contributed by atoms with Gasteiger partial charge in [-0.2, -0.15) is 0 Å². The van der Waals surface area contributed by atoms with Crippen molar-refractivity contribution in [2.75, 3.05) is 6.54 Å². The molecular weight excluding hydrogens is 542 g/mol. The Morgan fingerprint density at radius 1 is 0.810 bits per heavy atom. The molecule has 2 aromatic rings. The maximum atomic E-state index is 13.4. The van der Waals surface area contributed by atoms with Gasteiger partial charge in [-0.3, -0.25) is 19.4 Å². The summed E-state index contributed by atoms with van der Waals surface area (Å²) < 4.78 is 0. The van der Waals surface area contributed by atoms with Crippen LogP contribution in [0.1, 0.15) is 37.8 Å². The van der Waals surface area contributed by atoms with E-state index in [1.54, 1.807) is 56.3 Å². The molecule has 4 unspecified atom stereocenters. The van der Waals surface area contributed by atoms with E-state index in [0.717, 1.165) is 11.1 Å². The smallest absolute Gasteiger partial charge is 0.326 e. The number of carbonyl (C=O) groups excluding carboxylic acids is 3. The number of aromatic hydroxyl groups is 1. The van der Waals surface area contributed by atoms with Crippen molar-refractivity contribution in [2.45, 2.75) is 63.7 Å². The summed E-state index contributed by atoms with van der Waals surface area (Å²) in [5, 5.41) is 27.0. The van der Waals surface area contributed by atoms with Crippen molar-refractivity contribution in [2.24, 2.45) is 28.1 Å². The van der Waals surface area contributed by atoms with Crippen molar-refractivity contribution >= 4 is 29.7 Å². The second-order valence-corrected chi connectivity index (χ2v) is 10.3. The predicted octanol–water partition coefficient (Wildman–Crippen LogP) is -0.247. The molecule has 42 heavy (non-hydrogen) atoms. The average Bonchev–Trinajstić information content (AvgIpc) is 2.93. The summed E-state index contributed by atoms with van der Waals surface area (Å²) in [4.78, 5) is 55.3. The van der Waals surface area contributed by atoms with Crippen molar-refractivity contribution in [3.05, 3.63) is 65.7 Å². The van der Waals surface area contributed by atoms with Gasteiger partial charge < -0.3 is 43.4 Å². The summed E-state index contributed by atoms with van der Waals surface area (Å²) in [6.07, 6.45) is 0.624. The molecule has 0 saturated heterocycles. The Kier molecular flexibility index (Phi) is 13.2. The normalized spacial score (nSPS) is 13.7. The first-order chi connectivity index (χ1) is 19.9. The summed E-state index contributed by atoms with van der Waals surface area (Å²) in [5.74, 6) is -3.52. The third-order valence-electron chi connectivity index (χ3n) is 6.45. The molecule has 0 aromatic heterocycles. The lowest BCUT2D eigenvalue weighted by Crippen LogP contribution is -2.59. The van der Waals surface area contributed by atoms with Crippen molar-refractivity contribution in [3.63, 3.8) is 0 Å². The molecule has 0 saturated carbocycles. The summed E-state index contributed by atoms with van der Waals surface area (Å²) in [6.45, 7) is 3.66. The first-order valence-electron chi connectivity index (χ1n) is 13.6. The van der Waals surface area contributed by atoms with Crippen molar-refractivity contribution in [1.82, 2.24) is 16.0 Å². The number of carboxylic acids is 1. The highest BCUT2D eigenvalue weighted by molar-refractivity contribution is 5.94. The number of hydrogen-bond acceptors (Lipinski definition) is 7. The average molecular weight is 584 g/mol. The standard InChI is InChI=1S/C29H41N7O6/c1-17(2)24(36-25(38)21(30)15-19-10-12-20(37)13-11-19)27(40)35-23(16-18-7-4-3-5-8-18)26(39)34-22(28(41)42)9-6-14-33-29(31)32/h3-5,7-8,10-13,17,21-24,37H,6,9,14-16,30H2,1-2H3,(H,34,39)(H,35,40)(H,36,38)(H,41,42)(H4,31,32,33). The van der Waals surface area contributed by atoms with Crippen LogP contribution < -0.4 is 33.2 Å². The molecule has 0 heterocycles. The minimum Gasteiger partial charge on any atom is -0.508 e. The van der Waals surface area contributed by atoms with E-state index in [1.807, 2.05) is 0 Å². The number of benzene rings is 2. The van der Waals surface area contributed by atoms with Crippen LogP contribution in [0.3, 0.4) is 0 Å². The monoisotopic (exact) mass is 583 g/mol. The molecule has 0 radical (unpaired) electrons. The molecule has 228 valence electrons. The largest absolute Gasteiger partial charge is 0.508 e. The fraction of sp³-hybridized carbons (Fsp3) is 0.414. The molecular formula is C29H41N7O6. The van der Waals surface area contributed by atoms with Crippen LogP contribution in [0.2, 0.25) is 0 Å². The van der Waals surface area contributed by atoms with Gasteiger partial charge in [-0.1, -0.05) is 56.3 Å². The molecule has 0 aliphatic carbocycles. The summed E-state index contributed by atoms with van der Waals surface area (Å²) in [7, 11) is 0. The Bertz CT molecular complexity index is 1220. The maximum Gasteiger partial charge on any atom is 0.326 e. The highest BCUT2D eigenvalue weighted by atomic mass is 16.4. The number of phenols is 1. The van der Waals surface area contributed by atoms with Crippen molar-refractivity contribution in [3.8, 4) is 5.75 Å². The Morgan fingerprint density at radius 3 is 1.98 bits per heavy atom. The van der Waals surface area contributed by atoms with Crippen molar-refractivity contribution in [1.29, 1.82) is 0 Å². The molecule has 13 nitrogen and oxygen atoms in total. The van der Waals surface area contributed by atoms with Gasteiger partial charge in [0.1, 0.15) is 23.9 Å². The summed E-state index contributed by atoms with van der Waals surface area (Å²) in [5.41, 5.74) is 18.2. The van der Waals surface area contributed by atoms with Crippen LogP contribution in [0.25, 0.3) is 0 Å². The van der Waals surface area contributed by atoms with E-state index >= 15 is 0 Å².